The molecule has 0 spiro atoms. The Kier molecular flexibility index (Phi) is 6.93. The molecule has 0 aromatic carbocycles. The van der Waals surface area contributed by atoms with Crippen molar-refractivity contribution in [3.63, 3.8) is 0 Å². The molecule has 2 N–H and O–H groups in total. The molecule has 0 aliphatic heterocycles. The van der Waals surface area contributed by atoms with E-state index in [9.17, 15) is 13.2 Å². The molecular formula is C15H20N2O4S3. The Balaban J connectivity index is 2.04. The number of nitrogens with one attached hydrogen (secondary N) is 1. The highest BCUT2D eigenvalue weighted by Gasteiger charge is 2.23. The van der Waals surface area contributed by atoms with Crippen molar-refractivity contribution >= 4 is 38.7 Å². The van der Waals surface area contributed by atoms with Crippen LogP contribution in [0.4, 0.5) is 0 Å². The van der Waals surface area contributed by atoms with Gasteiger partial charge in [-0.1, -0.05) is 12.1 Å². The number of thiophene rings is 2. The van der Waals surface area contributed by atoms with Gasteiger partial charge in [0.25, 0.3) is 0 Å². The predicted octanol–water partition coefficient (Wildman–Crippen LogP) is 2.20. The topological polar surface area (TPSA) is 86.7 Å². The molecule has 0 aliphatic rings. The Hall–Kier alpha value is -1.26. The molecule has 2 rings (SSSR count). The van der Waals surface area contributed by atoms with Gasteiger partial charge in [0.1, 0.15) is 6.04 Å². The first-order valence-corrected chi connectivity index (χ1v) is 10.7. The monoisotopic (exact) mass is 388 g/mol. The number of sulfonamides is 1. The zero-order chi connectivity index (χ0) is 17.6. The summed E-state index contributed by atoms with van der Waals surface area (Å²) in [4.78, 5) is 12.7. The first kappa shape index (κ1) is 19.1. The first-order valence-electron chi connectivity index (χ1n) is 7.37. The number of carboxylic acid groups (broad SMARTS) is 1. The van der Waals surface area contributed by atoms with Crippen molar-refractivity contribution < 1.29 is 18.3 Å². The maximum Gasteiger partial charge on any atom is 0.320 e. The van der Waals surface area contributed by atoms with Gasteiger partial charge in [0, 0.05) is 29.4 Å². The summed E-state index contributed by atoms with van der Waals surface area (Å²) in [7, 11) is -3.50. The molecule has 0 saturated carbocycles. The van der Waals surface area contributed by atoms with E-state index in [0.29, 0.717) is 13.1 Å². The van der Waals surface area contributed by atoms with Crippen LogP contribution < -0.4 is 5.32 Å². The molecule has 0 amide bonds. The molecule has 2 heterocycles. The number of hydrogen-bond donors (Lipinski definition) is 2. The lowest BCUT2D eigenvalue weighted by Crippen LogP contribution is -2.40. The summed E-state index contributed by atoms with van der Waals surface area (Å²) in [6, 6.07) is 6.83. The Morgan fingerprint density at radius 3 is 2.17 bits per heavy atom. The zero-order valence-electron chi connectivity index (χ0n) is 13.2. The highest BCUT2D eigenvalue weighted by Crippen LogP contribution is 2.20. The minimum Gasteiger partial charge on any atom is -0.480 e. The predicted molar refractivity (Wildman–Crippen MR) is 96.8 cm³/mol. The van der Waals surface area contributed by atoms with Gasteiger partial charge in [-0.3, -0.25) is 4.79 Å². The molecule has 0 saturated heterocycles. The van der Waals surface area contributed by atoms with E-state index in [0.717, 1.165) is 9.75 Å². The fourth-order valence-corrected chi connectivity index (χ4v) is 4.93. The highest BCUT2D eigenvalue weighted by molar-refractivity contribution is 7.89. The second kappa shape index (κ2) is 8.72. The molecule has 0 bridgehead atoms. The molecule has 0 aliphatic carbocycles. The van der Waals surface area contributed by atoms with Crippen LogP contribution >= 0.6 is 22.7 Å². The van der Waals surface area contributed by atoms with Gasteiger partial charge >= 0.3 is 5.97 Å². The van der Waals surface area contributed by atoms with Crippen molar-refractivity contribution in [2.45, 2.75) is 26.1 Å². The molecule has 2 aromatic heterocycles. The largest absolute Gasteiger partial charge is 0.480 e. The van der Waals surface area contributed by atoms with Crippen LogP contribution in [0.1, 0.15) is 16.7 Å². The first-order chi connectivity index (χ1) is 11.4. The van der Waals surface area contributed by atoms with Gasteiger partial charge in [0.2, 0.25) is 10.0 Å². The van der Waals surface area contributed by atoms with Crippen molar-refractivity contribution in [2.75, 3.05) is 12.3 Å². The van der Waals surface area contributed by atoms with Crippen LogP contribution in [0.25, 0.3) is 0 Å². The number of nitrogens with zero attached hydrogens (tertiary/aromatic N) is 1. The second-order valence-corrected chi connectivity index (χ2v) is 9.41. The molecule has 1 atom stereocenters. The maximum atomic E-state index is 12.7. The molecule has 0 radical (unpaired) electrons. The van der Waals surface area contributed by atoms with Crippen molar-refractivity contribution in [1.82, 2.24) is 9.62 Å². The van der Waals surface area contributed by atoms with Crippen molar-refractivity contribution in [2.24, 2.45) is 0 Å². The summed E-state index contributed by atoms with van der Waals surface area (Å²) in [5.74, 6) is -1.14. The lowest BCUT2D eigenvalue weighted by molar-refractivity contribution is -0.138. The normalized spacial score (nSPS) is 13.2. The van der Waals surface area contributed by atoms with Crippen LogP contribution in [0, 0.1) is 0 Å². The summed E-state index contributed by atoms with van der Waals surface area (Å²) >= 11 is 3.03. The molecule has 24 heavy (non-hydrogen) atoms. The van der Waals surface area contributed by atoms with Crippen LogP contribution in [0.3, 0.4) is 0 Å². The molecule has 1 unspecified atom stereocenters. The van der Waals surface area contributed by atoms with Crippen LogP contribution in [-0.4, -0.2) is 42.1 Å². The van der Waals surface area contributed by atoms with Crippen molar-refractivity contribution in [3.8, 4) is 0 Å². The molecule has 6 nitrogen and oxygen atoms in total. The Morgan fingerprint density at radius 1 is 1.21 bits per heavy atom. The number of hydrogen-bond acceptors (Lipinski definition) is 6. The fourth-order valence-electron chi connectivity index (χ4n) is 2.03. The van der Waals surface area contributed by atoms with Gasteiger partial charge in [-0.2, -0.15) is 4.31 Å². The van der Waals surface area contributed by atoms with Gasteiger partial charge in [-0.05, 0) is 29.8 Å². The Labute approximate surface area is 149 Å². The fraction of sp³-hybridized carbons (Fsp3) is 0.400. The lowest BCUT2D eigenvalue weighted by Gasteiger charge is -2.21. The summed E-state index contributed by atoms with van der Waals surface area (Å²) in [6.45, 7) is 2.24. The summed E-state index contributed by atoms with van der Waals surface area (Å²) in [5, 5.41) is 15.4. The van der Waals surface area contributed by atoms with Crippen LogP contribution in [0.5, 0.6) is 0 Å². The third-order valence-electron chi connectivity index (χ3n) is 3.40. The zero-order valence-corrected chi connectivity index (χ0v) is 15.7. The summed E-state index contributed by atoms with van der Waals surface area (Å²) in [5.41, 5.74) is 0. The molecule has 132 valence electrons. The average Bonchev–Trinajstić information content (AvgIpc) is 3.19. The van der Waals surface area contributed by atoms with Gasteiger partial charge in [0.15, 0.2) is 0 Å². The quantitative estimate of drug-likeness (QED) is 0.652. The lowest BCUT2D eigenvalue weighted by atomic mass is 10.3. The van der Waals surface area contributed by atoms with E-state index in [4.69, 9.17) is 5.11 Å². The van der Waals surface area contributed by atoms with Gasteiger partial charge in [-0.15, -0.1) is 22.7 Å². The molecular weight excluding hydrogens is 368 g/mol. The van der Waals surface area contributed by atoms with E-state index in [-0.39, 0.29) is 12.3 Å². The molecule has 2 aromatic rings. The van der Waals surface area contributed by atoms with Crippen LogP contribution in [-0.2, 0) is 27.9 Å². The Bertz CT molecular complexity index is 691. The van der Waals surface area contributed by atoms with Gasteiger partial charge < -0.3 is 10.4 Å². The minimum absolute atomic E-state index is 0.0984. The summed E-state index contributed by atoms with van der Waals surface area (Å²) in [6.07, 6.45) is 0. The van der Waals surface area contributed by atoms with E-state index >= 15 is 0 Å². The second-order valence-electron chi connectivity index (χ2n) is 5.26. The Morgan fingerprint density at radius 2 is 1.75 bits per heavy atom. The van der Waals surface area contributed by atoms with Gasteiger partial charge in [-0.25, -0.2) is 8.42 Å². The van der Waals surface area contributed by atoms with Crippen LogP contribution in [0.15, 0.2) is 35.0 Å². The third-order valence-corrected chi connectivity index (χ3v) is 6.89. The average molecular weight is 389 g/mol. The minimum atomic E-state index is -3.50. The van der Waals surface area contributed by atoms with E-state index in [1.165, 1.54) is 33.9 Å². The van der Waals surface area contributed by atoms with Crippen molar-refractivity contribution in [3.05, 3.63) is 44.8 Å². The number of aliphatic carboxylic acids is 1. The number of carboxylic acids is 1. The summed E-state index contributed by atoms with van der Waals surface area (Å²) < 4.78 is 26.8. The number of carbonyl (C=O) groups is 1. The highest BCUT2D eigenvalue weighted by atomic mass is 32.2. The standard InChI is InChI=1S/C15H20N2O4S3/c1-12(15(18)19)16-6-9-24(20,21)17(10-13-4-2-7-22-13)11-14-5-3-8-23-14/h2-5,7-8,12,16H,6,9-11H2,1H3,(H,18,19). The smallest absolute Gasteiger partial charge is 0.320 e. The molecule has 0 fully saturated rings. The van der Waals surface area contributed by atoms with E-state index in [1.807, 2.05) is 35.0 Å². The van der Waals surface area contributed by atoms with E-state index in [1.54, 1.807) is 0 Å². The van der Waals surface area contributed by atoms with Crippen LogP contribution in [0.2, 0.25) is 0 Å². The maximum absolute atomic E-state index is 12.7. The van der Waals surface area contributed by atoms with Gasteiger partial charge in [0.05, 0.1) is 5.75 Å². The van der Waals surface area contributed by atoms with E-state index < -0.39 is 22.0 Å². The molecule has 9 heteroatoms. The SMILES string of the molecule is CC(NCCS(=O)(=O)N(Cc1cccs1)Cc1cccs1)C(=O)O. The van der Waals surface area contributed by atoms with E-state index in [2.05, 4.69) is 5.32 Å². The van der Waals surface area contributed by atoms with Crippen molar-refractivity contribution in [1.29, 1.82) is 0 Å². The third kappa shape index (κ3) is 5.67. The number of rotatable bonds is 10.